The van der Waals surface area contributed by atoms with E-state index in [0.29, 0.717) is 25.0 Å². The van der Waals surface area contributed by atoms with Crippen molar-refractivity contribution in [1.29, 1.82) is 0 Å². The van der Waals surface area contributed by atoms with Crippen LogP contribution in [-0.4, -0.2) is 70.7 Å². The molecule has 1 aliphatic heterocycles. The molecule has 4 rings (SSSR count). The van der Waals surface area contributed by atoms with Gasteiger partial charge in [-0.15, -0.1) is 10.2 Å². The molecule has 162 valence electrons. The van der Waals surface area contributed by atoms with Crippen LogP contribution < -0.4 is 4.90 Å². The lowest BCUT2D eigenvalue weighted by molar-refractivity contribution is -0.129. The Morgan fingerprint density at radius 1 is 1.13 bits per heavy atom. The maximum absolute atomic E-state index is 12.8. The minimum atomic E-state index is 0.165. The van der Waals surface area contributed by atoms with Gasteiger partial charge in [0.15, 0.2) is 5.16 Å². The maximum atomic E-state index is 12.8. The highest BCUT2D eigenvalue weighted by atomic mass is 32.2. The van der Waals surface area contributed by atoms with Gasteiger partial charge < -0.3 is 14.5 Å². The van der Waals surface area contributed by atoms with Crippen LogP contribution in [0.2, 0.25) is 0 Å². The molecule has 1 aromatic heterocycles. The summed E-state index contributed by atoms with van der Waals surface area (Å²) in [6, 6.07) is 8.74. The smallest absolute Gasteiger partial charge is 0.233 e. The first-order chi connectivity index (χ1) is 14.6. The molecule has 30 heavy (non-hydrogen) atoms. The van der Waals surface area contributed by atoms with Gasteiger partial charge in [0.2, 0.25) is 11.9 Å². The third-order valence-electron chi connectivity index (χ3n) is 6.04. The van der Waals surface area contributed by atoms with Gasteiger partial charge in [-0.25, -0.2) is 0 Å². The molecule has 1 aromatic carbocycles. The zero-order chi connectivity index (χ0) is 20.9. The number of carbonyl (C=O) groups is 1. The Balaban J connectivity index is 1.52. The summed E-state index contributed by atoms with van der Waals surface area (Å²) in [5.74, 6) is 1.36. The molecule has 2 heterocycles. The topological polar surface area (TPSA) is 63.5 Å². The highest BCUT2D eigenvalue weighted by molar-refractivity contribution is 7.99. The van der Waals surface area contributed by atoms with Gasteiger partial charge in [0, 0.05) is 26.2 Å². The van der Waals surface area contributed by atoms with E-state index in [9.17, 15) is 4.79 Å². The Morgan fingerprint density at radius 3 is 2.53 bits per heavy atom. The molecule has 1 aliphatic carbocycles. The van der Waals surface area contributed by atoms with Gasteiger partial charge in [0.1, 0.15) is 0 Å². The second-order valence-corrected chi connectivity index (χ2v) is 9.08. The van der Waals surface area contributed by atoms with Gasteiger partial charge in [-0.2, -0.15) is 0 Å². The van der Waals surface area contributed by atoms with Crippen molar-refractivity contribution in [2.24, 2.45) is 0 Å². The number of ether oxygens (including phenoxy) is 1. The standard InChI is InChI=1S/C22H31N5O2S/c1-17-8-10-19(11-9-17)27-21(26-12-14-29-15-13-26)23-24-22(27)30-16-20(28)25(2)18-6-4-3-5-7-18/h8-11,18H,3-7,12-16H2,1-2H3. The van der Waals surface area contributed by atoms with Crippen molar-refractivity contribution in [3.05, 3.63) is 29.8 Å². The number of carbonyl (C=O) groups excluding carboxylic acids is 1. The fourth-order valence-electron chi connectivity index (χ4n) is 4.14. The number of benzene rings is 1. The van der Waals surface area contributed by atoms with E-state index in [1.54, 1.807) is 0 Å². The van der Waals surface area contributed by atoms with Crippen LogP contribution in [0.4, 0.5) is 5.95 Å². The summed E-state index contributed by atoms with van der Waals surface area (Å²) in [5, 5.41) is 9.70. The van der Waals surface area contributed by atoms with Crippen molar-refractivity contribution in [2.45, 2.75) is 50.2 Å². The second-order valence-electron chi connectivity index (χ2n) is 8.14. The van der Waals surface area contributed by atoms with Crippen molar-refractivity contribution in [3.8, 4) is 5.69 Å². The van der Waals surface area contributed by atoms with E-state index in [2.05, 4.69) is 50.9 Å². The van der Waals surface area contributed by atoms with Crippen LogP contribution in [0.25, 0.3) is 5.69 Å². The number of aryl methyl sites for hydroxylation is 1. The molecule has 0 spiro atoms. The second kappa shape index (κ2) is 9.83. The van der Waals surface area contributed by atoms with Gasteiger partial charge in [-0.05, 0) is 31.9 Å². The lowest BCUT2D eigenvalue weighted by atomic mass is 9.94. The molecule has 0 radical (unpaired) electrons. The molecule has 0 unspecified atom stereocenters. The van der Waals surface area contributed by atoms with Crippen LogP contribution in [-0.2, 0) is 9.53 Å². The molecule has 0 N–H and O–H groups in total. The molecule has 0 bridgehead atoms. The molecule has 1 saturated heterocycles. The Bertz CT molecular complexity index is 842. The minimum absolute atomic E-state index is 0.165. The van der Waals surface area contributed by atoms with E-state index in [1.165, 1.54) is 36.6 Å². The molecule has 2 fully saturated rings. The molecule has 8 heteroatoms. The quantitative estimate of drug-likeness (QED) is 0.657. The van der Waals surface area contributed by atoms with E-state index >= 15 is 0 Å². The first-order valence-corrected chi connectivity index (χ1v) is 11.9. The summed E-state index contributed by atoms with van der Waals surface area (Å²) in [4.78, 5) is 17.0. The molecular formula is C22H31N5O2S. The third-order valence-corrected chi connectivity index (χ3v) is 6.96. The van der Waals surface area contributed by atoms with Gasteiger partial charge in [0.05, 0.1) is 24.7 Å². The highest BCUT2D eigenvalue weighted by Crippen LogP contribution is 2.28. The SMILES string of the molecule is Cc1ccc(-n2c(SCC(=O)N(C)C3CCCCC3)nnc2N2CCOCC2)cc1. The Hall–Kier alpha value is -2.06. The molecule has 7 nitrogen and oxygen atoms in total. The molecule has 0 atom stereocenters. The first kappa shape index (κ1) is 21.2. The number of hydrogen-bond donors (Lipinski definition) is 0. The Kier molecular flexibility index (Phi) is 6.94. The normalized spacial score (nSPS) is 17.9. The van der Waals surface area contributed by atoms with Crippen LogP contribution in [0, 0.1) is 6.92 Å². The number of rotatable bonds is 6. The van der Waals surface area contributed by atoms with E-state index in [0.717, 1.165) is 42.7 Å². The number of nitrogens with zero attached hydrogens (tertiary/aromatic N) is 5. The predicted octanol–water partition coefficient (Wildman–Crippen LogP) is 3.30. The number of morpholine rings is 1. The van der Waals surface area contributed by atoms with Crippen molar-refractivity contribution in [1.82, 2.24) is 19.7 Å². The van der Waals surface area contributed by atoms with Crippen molar-refractivity contribution in [3.63, 3.8) is 0 Å². The first-order valence-electron chi connectivity index (χ1n) is 10.9. The monoisotopic (exact) mass is 429 g/mol. The number of amides is 1. The van der Waals surface area contributed by atoms with Crippen LogP contribution in [0.5, 0.6) is 0 Å². The summed E-state index contributed by atoms with van der Waals surface area (Å²) >= 11 is 1.47. The lowest BCUT2D eigenvalue weighted by Crippen LogP contribution is -2.39. The van der Waals surface area contributed by atoms with Gasteiger partial charge in [-0.1, -0.05) is 48.7 Å². The van der Waals surface area contributed by atoms with Crippen LogP contribution in [0.15, 0.2) is 29.4 Å². The van der Waals surface area contributed by atoms with Crippen molar-refractivity contribution >= 4 is 23.6 Å². The van der Waals surface area contributed by atoms with Gasteiger partial charge in [0.25, 0.3) is 0 Å². The number of aromatic nitrogens is 3. The van der Waals surface area contributed by atoms with Crippen LogP contribution in [0.1, 0.15) is 37.7 Å². The molecule has 1 amide bonds. The van der Waals surface area contributed by atoms with Crippen molar-refractivity contribution < 1.29 is 9.53 Å². The zero-order valence-corrected chi connectivity index (χ0v) is 18.7. The fraction of sp³-hybridized carbons (Fsp3) is 0.591. The average Bonchev–Trinajstić information content (AvgIpc) is 3.22. The molecular weight excluding hydrogens is 398 g/mol. The zero-order valence-electron chi connectivity index (χ0n) is 17.9. The van der Waals surface area contributed by atoms with E-state index < -0.39 is 0 Å². The molecule has 1 saturated carbocycles. The maximum Gasteiger partial charge on any atom is 0.233 e. The fourth-order valence-corrected chi connectivity index (χ4v) is 5.01. The van der Waals surface area contributed by atoms with Crippen LogP contribution in [0.3, 0.4) is 0 Å². The number of hydrogen-bond acceptors (Lipinski definition) is 6. The largest absolute Gasteiger partial charge is 0.378 e. The Labute approximate surface area is 182 Å². The lowest BCUT2D eigenvalue weighted by Gasteiger charge is -2.31. The number of anilines is 1. The average molecular weight is 430 g/mol. The summed E-state index contributed by atoms with van der Waals surface area (Å²) < 4.78 is 7.57. The summed E-state index contributed by atoms with van der Waals surface area (Å²) in [6.07, 6.45) is 5.97. The highest BCUT2D eigenvalue weighted by Gasteiger charge is 2.25. The minimum Gasteiger partial charge on any atom is -0.378 e. The van der Waals surface area contributed by atoms with Crippen molar-refractivity contribution in [2.75, 3.05) is 44.0 Å². The van der Waals surface area contributed by atoms with E-state index in [-0.39, 0.29) is 5.91 Å². The predicted molar refractivity (Wildman–Crippen MR) is 119 cm³/mol. The Morgan fingerprint density at radius 2 is 1.83 bits per heavy atom. The summed E-state index contributed by atoms with van der Waals surface area (Å²) in [5.41, 5.74) is 2.22. The molecule has 2 aliphatic rings. The molecule has 2 aromatic rings. The number of thioether (sulfide) groups is 1. The van der Waals surface area contributed by atoms with Gasteiger partial charge in [-0.3, -0.25) is 9.36 Å². The van der Waals surface area contributed by atoms with E-state index in [1.807, 2.05) is 11.9 Å². The third kappa shape index (κ3) is 4.81. The van der Waals surface area contributed by atoms with Crippen LogP contribution >= 0.6 is 11.8 Å². The summed E-state index contributed by atoms with van der Waals surface area (Å²) in [6.45, 7) is 5.03. The van der Waals surface area contributed by atoms with E-state index in [4.69, 9.17) is 4.74 Å². The van der Waals surface area contributed by atoms with Gasteiger partial charge >= 0.3 is 0 Å². The summed E-state index contributed by atoms with van der Waals surface area (Å²) in [7, 11) is 1.95.